The van der Waals surface area contributed by atoms with Gasteiger partial charge in [-0.1, -0.05) is 33.1 Å². The first kappa shape index (κ1) is 22.0. The summed E-state index contributed by atoms with van der Waals surface area (Å²) >= 11 is 0. The minimum absolute atomic E-state index is 0. The standard InChI is InChI=1S/C16H32N4O2.ClH/c1-12(2)14(17)9-10-20(3)15(21)11-18-16(22)19-13-7-5-4-6-8-13;/h12-14H,4-11,17H2,1-3H3,(H2,18,19,22);1H. The molecule has 0 bridgehead atoms. The summed E-state index contributed by atoms with van der Waals surface area (Å²) in [6.45, 7) is 4.79. The van der Waals surface area contributed by atoms with Crippen LogP contribution < -0.4 is 16.4 Å². The van der Waals surface area contributed by atoms with E-state index in [0.717, 1.165) is 19.3 Å². The average molecular weight is 349 g/mol. The molecule has 0 aromatic rings. The van der Waals surface area contributed by atoms with Gasteiger partial charge in [0.1, 0.15) is 0 Å². The maximum atomic E-state index is 12.0. The molecule has 0 saturated heterocycles. The van der Waals surface area contributed by atoms with Crippen LogP contribution in [0.5, 0.6) is 0 Å². The van der Waals surface area contributed by atoms with Gasteiger partial charge < -0.3 is 21.3 Å². The fraction of sp³-hybridized carbons (Fsp3) is 0.875. The highest BCUT2D eigenvalue weighted by molar-refractivity contribution is 5.85. The van der Waals surface area contributed by atoms with Crippen LogP contribution in [0.15, 0.2) is 0 Å². The van der Waals surface area contributed by atoms with Gasteiger partial charge in [-0.25, -0.2) is 4.79 Å². The van der Waals surface area contributed by atoms with Crippen molar-refractivity contribution >= 4 is 24.3 Å². The van der Waals surface area contributed by atoms with Crippen molar-refractivity contribution < 1.29 is 9.59 Å². The van der Waals surface area contributed by atoms with Crippen LogP contribution in [0.25, 0.3) is 0 Å². The van der Waals surface area contributed by atoms with Gasteiger partial charge in [-0.15, -0.1) is 12.4 Å². The van der Waals surface area contributed by atoms with E-state index in [0.29, 0.717) is 12.5 Å². The summed E-state index contributed by atoms with van der Waals surface area (Å²) in [4.78, 5) is 25.4. The van der Waals surface area contributed by atoms with Crippen molar-refractivity contribution in [2.75, 3.05) is 20.1 Å². The van der Waals surface area contributed by atoms with E-state index in [-0.39, 0.29) is 43.0 Å². The molecule has 1 saturated carbocycles. The van der Waals surface area contributed by atoms with Gasteiger partial charge in [-0.3, -0.25) is 4.79 Å². The normalized spacial score (nSPS) is 16.4. The van der Waals surface area contributed by atoms with Gasteiger partial charge in [0.25, 0.3) is 0 Å². The highest BCUT2D eigenvalue weighted by Crippen LogP contribution is 2.17. The van der Waals surface area contributed by atoms with E-state index in [1.54, 1.807) is 11.9 Å². The fourth-order valence-corrected chi connectivity index (χ4v) is 2.57. The molecule has 3 amide bonds. The van der Waals surface area contributed by atoms with Crippen molar-refractivity contribution in [1.29, 1.82) is 0 Å². The number of nitrogens with two attached hydrogens (primary N) is 1. The highest BCUT2D eigenvalue weighted by atomic mass is 35.5. The third-order valence-electron chi connectivity index (χ3n) is 4.42. The minimum atomic E-state index is -0.243. The predicted molar refractivity (Wildman–Crippen MR) is 95.7 cm³/mol. The molecule has 0 aromatic carbocycles. The zero-order chi connectivity index (χ0) is 16.5. The molecular weight excluding hydrogens is 316 g/mol. The minimum Gasteiger partial charge on any atom is -0.344 e. The maximum Gasteiger partial charge on any atom is 0.315 e. The monoisotopic (exact) mass is 348 g/mol. The van der Waals surface area contributed by atoms with Crippen LogP contribution in [-0.4, -0.2) is 49.1 Å². The Hall–Kier alpha value is -1.01. The summed E-state index contributed by atoms with van der Waals surface area (Å²) in [6.07, 6.45) is 6.43. The molecule has 136 valence electrons. The largest absolute Gasteiger partial charge is 0.344 e. The number of nitrogens with one attached hydrogen (secondary N) is 2. The lowest BCUT2D eigenvalue weighted by Crippen LogP contribution is -2.47. The van der Waals surface area contributed by atoms with Gasteiger partial charge in [0.2, 0.25) is 5.91 Å². The van der Waals surface area contributed by atoms with E-state index < -0.39 is 0 Å². The Kier molecular flexibility index (Phi) is 11.0. The fourth-order valence-electron chi connectivity index (χ4n) is 2.57. The highest BCUT2D eigenvalue weighted by Gasteiger charge is 2.17. The van der Waals surface area contributed by atoms with Crippen molar-refractivity contribution in [1.82, 2.24) is 15.5 Å². The topological polar surface area (TPSA) is 87.5 Å². The zero-order valence-electron chi connectivity index (χ0n) is 14.6. The molecule has 0 heterocycles. The molecule has 0 spiro atoms. The van der Waals surface area contributed by atoms with Crippen molar-refractivity contribution in [2.45, 2.75) is 64.5 Å². The number of carbonyl (C=O) groups is 2. The van der Waals surface area contributed by atoms with Crippen molar-refractivity contribution in [3.05, 3.63) is 0 Å². The number of nitrogens with zero attached hydrogens (tertiary/aromatic N) is 1. The quantitative estimate of drug-likeness (QED) is 0.656. The molecule has 0 aromatic heterocycles. The van der Waals surface area contributed by atoms with Gasteiger partial charge in [0, 0.05) is 25.7 Å². The number of hydrogen-bond acceptors (Lipinski definition) is 3. The first-order valence-corrected chi connectivity index (χ1v) is 8.44. The molecule has 1 aliphatic carbocycles. The number of rotatable bonds is 7. The van der Waals surface area contributed by atoms with Gasteiger partial charge in [-0.05, 0) is 25.2 Å². The van der Waals surface area contributed by atoms with Gasteiger partial charge in [0.05, 0.1) is 6.54 Å². The van der Waals surface area contributed by atoms with Crippen LogP contribution >= 0.6 is 12.4 Å². The molecule has 1 unspecified atom stereocenters. The maximum absolute atomic E-state index is 12.0. The van der Waals surface area contributed by atoms with Crippen LogP contribution in [0.1, 0.15) is 52.4 Å². The molecule has 1 aliphatic rings. The van der Waals surface area contributed by atoms with Crippen molar-refractivity contribution in [3.8, 4) is 0 Å². The molecule has 7 heteroatoms. The second-order valence-corrected chi connectivity index (χ2v) is 6.67. The summed E-state index contributed by atoms with van der Waals surface area (Å²) < 4.78 is 0. The number of likely N-dealkylation sites (N-methyl/N-ethyl adjacent to an activating group) is 1. The first-order chi connectivity index (χ1) is 10.4. The molecule has 1 atom stereocenters. The molecule has 1 rings (SSSR count). The second kappa shape index (κ2) is 11.5. The summed E-state index contributed by atoms with van der Waals surface area (Å²) in [6, 6.07) is 0.107. The summed E-state index contributed by atoms with van der Waals surface area (Å²) in [7, 11) is 1.75. The Morgan fingerprint density at radius 1 is 1.22 bits per heavy atom. The average Bonchev–Trinajstić information content (AvgIpc) is 2.50. The summed E-state index contributed by atoms with van der Waals surface area (Å²) in [5, 5.41) is 5.59. The predicted octanol–water partition coefficient (Wildman–Crippen LogP) is 1.87. The Morgan fingerprint density at radius 3 is 2.39 bits per heavy atom. The van der Waals surface area contributed by atoms with Crippen molar-refractivity contribution in [3.63, 3.8) is 0 Å². The summed E-state index contributed by atoms with van der Waals surface area (Å²) in [5.41, 5.74) is 5.97. The van der Waals surface area contributed by atoms with Crippen LogP contribution in [0, 0.1) is 5.92 Å². The number of carbonyl (C=O) groups excluding carboxylic acids is 2. The van der Waals surface area contributed by atoms with Crippen LogP contribution in [0.4, 0.5) is 4.79 Å². The number of hydrogen-bond donors (Lipinski definition) is 3. The number of amides is 3. The third-order valence-corrected chi connectivity index (χ3v) is 4.42. The molecule has 1 fully saturated rings. The van der Waals surface area contributed by atoms with E-state index in [4.69, 9.17) is 5.73 Å². The molecule has 0 radical (unpaired) electrons. The van der Waals surface area contributed by atoms with E-state index >= 15 is 0 Å². The van der Waals surface area contributed by atoms with Crippen LogP contribution in [0.2, 0.25) is 0 Å². The second-order valence-electron chi connectivity index (χ2n) is 6.67. The number of urea groups is 1. The Morgan fingerprint density at radius 2 is 1.83 bits per heavy atom. The SMILES string of the molecule is CC(C)C(N)CCN(C)C(=O)CNC(=O)NC1CCCCC1.Cl. The smallest absolute Gasteiger partial charge is 0.315 e. The lowest BCUT2D eigenvalue weighted by Gasteiger charge is -2.24. The Labute approximate surface area is 146 Å². The van der Waals surface area contributed by atoms with Gasteiger partial charge in [-0.2, -0.15) is 0 Å². The van der Waals surface area contributed by atoms with E-state index in [2.05, 4.69) is 24.5 Å². The molecule has 6 nitrogen and oxygen atoms in total. The Balaban J connectivity index is 0.00000484. The molecular formula is C16H33ClN4O2. The molecule has 23 heavy (non-hydrogen) atoms. The van der Waals surface area contributed by atoms with Crippen molar-refractivity contribution in [2.24, 2.45) is 11.7 Å². The van der Waals surface area contributed by atoms with Crippen LogP contribution in [-0.2, 0) is 4.79 Å². The van der Waals surface area contributed by atoms with E-state index in [1.807, 2.05) is 0 Å². The van der Waals surface area contributed by atoms with E-state index in [9.17, 15) is 9.59 Å². The van der Waals surface area contributed by atoms with E-state index in [1.165, 1.54) is 19.3 Å². The summed E-state index contributed by atoms with van der Waals surface area (Å²) in [5.74, 6) is 0.317. The Bertz CT molecular complexity index is 360. The first-order valence-electron chi connectivity index (χ1n) is 8.44. The van der Waals surface area contributed by atoms with Gasteiger partial charge >= 0.3 is 6.03 Å². The van der Waals surface area contributed by atoms with Gasteiger partial charge in [0.15, 0.2) is 0 Å². The lowest BCUT2D eigenvalue weighted by atomic mass is 9.96. The lowest BCUT2D eigenvalue weighted by molar-refractivity contribution is -0.128. The van der Waals surface area contributed by atoms with Crippen LogP contribution in [0.3, 0.4) is 0 Å². The number of halogens is 1. The molecule has 4 N–H and O–H groups in total. The third kappa shape index (κ3) is 9.01. The zero-order valence-corrected chi connectivity index (χ0v) is 15.5. The molecule has 0 aliphatic heterocycles.